The highest BCUT2D eigenvalue weighted by atomic mass is 32.1. The van der Waals surface area contributed by atoms with Crippen molar-refractivity contribution in [1.29, 1.82) is 0 Å². The maximum Gasteiger partial charge on any atom is 0.314 e. The van der Waals surface area contributed by atoms with Crippen molar-refractivity contribution in [1.82, 2.24) is 15.5 Å². The Kier molecular flexibility index (Phi) is 6.23. The first-order valence-corrected chi connectivity index (χ1v) is 8.86. The normalized spacial score (nSPS) is 19.6. The minimum Gasteiger partial charge on any atom is -0.383 e. The molecule has 3 N–H and O–H groups in total. The summed E-state index contributed by atoms with van der Waals surface area (Å²) in [6.45, 7) is 8.13. The second kappa shape index (κ2) is 7.94. The van der Waals surface area contributed by atoms with E-state index >= 15 is 0 Å². The highest BCUT2D eigenvalue weighted by Crippen LogP contribution is 2.24. The number of carbonyl (C=O) groups is 1. The fourth-order valence-corrected chi connectivity index (χ4v) is 3.51. The van der Waals surface area contributed by atoms with Crippen LogP contribution in [0.25, 0.3) is 0 Å². The molecule has 124 valence electrons. The SMILES string of the molecule is CC(CNC(=O)NCC(C)(O)c1cccs1)CN1CCCC1. The number of carbonyl (C=O) groups excluding carboxylic acids is 1. The van der Waals surface area contributed by atoms with Gasteiger partial charge in [0, 0.05) is 18.0 Å². The Morgan fingerprint density at radius 3 is 2.82 bits per heavy atom. The minimum atomic E-state index is -1.02. The van der Waals surface area contributed by atoms with Gasteiger partial charge < -0.3 is 20.6 Å². The lowest BCUT2D eigenvalue weighted by atomic mass is 10.1. The third-order valence-electron chi connectivity index (χ3n) is 4.02. The Morgan fingerprint density at radius 1 is 1.45 bits per heavy atom. The van der Waals surface area contributed by atoms with Crippen LogP contribution in [0.1, 0.15) is 31.6 Å². The zero-order chi connectivity index (χ0) is 16.0. The van der Waals surface area contributed by atoms with Crippen molar-refractivity contribution in [3.63, 3.8) is 0 Å². The van der Waals surface area contributed by atoms with E-state index in [9.17, 15) is 9.90 Å². The van der Waals surface area contributed by atoms with Crippen molar-refractivity contribution in [2.24, 2.45) is 5.92 Å². The van der Waals surface area contributed by atoms with E-state index in [1.165, 1.54) is 37.3 Å². The molecule has 1 aliphatic rings. The van der Waals surface area contributed by atoms with Gasteiger partial charge in [-0.25, -0.2) is 4.79 Å². The molecule has 22 heavy (non-hydrogen) atoms. The van der Waals surface area contributed by atoms with Gasteiger partial charge >= 0.3 is 6.03 Å². The number of amides is 2. The third kappa shape index (κ3) is 5.26. The molecule has 0 bridgehead atoms. The lowest BCUT2D eigenvalue weighted by Gasteiger charge is -2.23. The van der Waals surface area contributed by atoms with Gasteiger partial charge in [0.1, 0.15) is 5.60 Å². The maximum absolute atomic E-state index is 11.9. The van der Waals surface area contributed by atoms with E-state index in [0.29, 0.717) is 12.5 Å². The fraction of sp³-hybridized carbons (Fsp3) is 0.688. The first-order valence-electron chi connectivity index (χ1n) is 7.98. The summed E-state index contributed by atoms with van der Waals surface area (Å²) >= 11 is 1.49. The van der Waals surface area contributed by atoms with E-state index in [2.05, 4.69) is 22.5 Å². The molecule has 2 rings (SSSR count). The fourth-order valence-electron chi connectivity index (χ4n) is 2.72. The van der Waals surface area contributed by atoms with Crippen LogP contribution < -0.4 is 10.6 Å². The first-order chi connectivity index (χ1) is 10.5. The second-order valence-corrected chi connectivity index (χ2v) is 7.38. The monoisotopic (exact) mass is 325 g/mol. The lowest BCUT2D eigenvalue weighted by molar-refractivity contribution is 0.0631. The molecule has 0 aromatic carbocycles. The van der Waals surface area contributed by atoms with Gasteiger partial charge in [-0.15, -0.1) is 11.3 Å². The van der Waals surface area contributed by atoms with Gasteiger partial charge in [0.15, 0.2) is 0 Å². The van der Waals surface area contributed by atoms with Crippen molar-refractivity contribution in [3.8, 4) is 0 Å². The largest absolute Gasteiger partial charge is 0.383 e. The molecule has 1 aromatic heterocycles. The smallest absolute Gasteiger partial charge is 0.314 e. The molecular formula is C16H27N3O2S. The Balaban J connectivity index is 1.65. The quantitative estimate of drug-likeness (QED) is 0.718. The first kappa shape index (κ1) is 17.2. The van der Waals surface area contributed by atoms with Crippen LogP contribution in [-0.2, 0) is 5.60 Å². The van der Waals surface area contributed by atoms with E-state index in [1.807, 2.05) is 17.5 Å². The van der Waals surface area contributed by atoms with Crippen LogP contribution in [0.2, 0.25) is 0 Å². The number of rotatable bonds is 7. The standard InChI is InChI=1S/C16H27N3O2S/c1-13(11-19-7-3-4-8-19)10-17-15(20)18-12-16(2,21)14-6-5-9-22-14/h5-6,9,13,21H,3-4,7-8,10-12H2,1-2H3,(H2,17,18,20). The molecule has 5 nitrogen and oxygen atoms in total. The summed E-state index contributed by atoms with van der Waals surface area (Å²) < 4.78 is 0. The Hall–Kier alpha value is -1.11. The molecule has 1 saturated heterocycles. The number of aliphatic hydroxyl groups is 1. The van der Waals surface area contributed by atoms with Crippen LogP contribution in [0, 0.1) is 5.92 Å². The van der Waals surface area contributed by atoms with Gasteiger partial charge in [-0.1, -0.05) is 13.0 Å². The van der Waals surface area contributed by atoms with Crippen LogP contribution in [0.4, 0.5) is 4.79 Å². The molecular weight excluding hydrogens is 298 g/mol. The van der Waals surface area contributed by atoms with Crippen molar-refractivity contribution < 1.29 is 9.90 Å². The molecule has 2 amide bonds. The van der Waals surface area contributed by atoms with Crippen LogP contribution in [-0.4, -0.2) is 48.8 Å². The molecule has 1 aliphatic heterocycles. The predicted octanol–water partition coefficient (Wildman–Crippen LogP) is 1.99. The summed E-state index contributed by atoms with van der Waals surface area (Å²) in [4.78, 5) is 15.2. The molecule has 2 heterocycles. The van der Waals surface area contributed by atoms with Crippen LogP contribution in [0.5, 0.6) is 0 Å². The molecule has 2 atom stereocenters. The van der Waals surface area contributed by atoms with Crippen LogP contribution in [0.3, 0.4) is 0 Å². The molecule has 0 radical (unpaired) electrons. The number of likely N-dealkylation sites (tertiary alicyclic amines) is 1. The van der Waals surface area contributed by atoms with Gasteiger partial charge in [0.2, 0.25) is 0 Å². The van der Waals surface area contributed by atoms with Gasteiger partial charge in [0.05, 0.1) is 6.54 Å². The second-order valence-electron chi connectivity index (χ2n) is 6.43. The molecule has 2 unspecified atom stereocenters. The Bertz CT molecular complexity index is 456. The summed E-state index contributed by atoms with van der Waals surface area (Å²) in [6.07, 6.45) is 2.58. The van der Waals surface area contributed by atoms with Crippen molar-refractivity contribution in [3.05, 3.63) is 22.4 Å². The Labute approximate surface area is 136 Å². The number of hydrogen-bond donors (Lipinski definition) is 3. The number of urea groups is 1. The highest BCUT2D eigenvalue weighted by molar-refractivity contribution is 7.10. The van der Waals surface area contributed by atoms with E-state index in [-0.39, 0.29) is 12.6 Å². The molecule has 0 saturated carbocycles. The predicted molar refractivity (Wildman–Crippen MR) is 90.1 cm³/mol. The zero-order valence-corrected chi connectivity index (χ0v) is 14.3. The highest BCUT2D eigenvalue weighted by Gasteiger charge is 2.24. The van der Waals surface area contributed by atoms with Gasteiger partial charge in [0.25, 0.3) is 0 Å². The van der Waals surface area contributed by atoms with Crippen LogP contribution >= 0.6 is 11.3 Å². The summed E-state index contributed by atoms with van der Waals surface area (Å²) in [5.74, 6) is 0.432. The molecule has 1 aromatic rings. The topological polar surface area (TPSA) is 64.6 Å². The van der Waals surface area contributed by atoms with Crippen molar-refractivity contribution >= 4 is 17.4 Å². The van der Waals surface area contributed by atoms with Crippen LogP contribution in [0.15, 0.2) is 17.5 Å². The lowest BCUT2D eigenvalue weighted by Crippen LogP contribution is -2.45. The Morgan fingerprint density at radius 2 is 2.18 bits per heavy atom. The van der Waals surface area contributed by atoms with E-state index < -0.39 is 5.60 Å². The zero-order valence-electron chi connectivity index (χ0n) is 13.5. The summed E-state index contributed by atoms with van der Waals surface area (Å²) in [5.41, 5.74) is -1.02. The number of nitrogens with zero attached hydrogens (tertiary/aromatic N) is 1. The number of nitrogens with one attached hydrogen (secondary N) is 2. The number of hydrogen-bond acceptors (Lipinski definition) is 4. The molecule has 1 fully saturated rings. The average molecular weight is 325 g/mol. The van der Waals surface area contributed by atoms with Gasteiger partial charge in [-0.3, -0.25) is 0 Å². The van der Waals surface area contributed by atoms with Gasteiger partial charge in [-0.2, -0.15) is 0 Å². The summed E-state index contributed by atoms with van der Waals surface area (Å²) in [7, 11) is 0. The van der Waals surface area contributed by atoms with E-state index in [4.69, 9.17) is 0 Å². The summed E-state index contributed by atoms with van der Waals surface area (Å²) in [6, 6.07) is 3.56. The summed E-state index contributed by atoms with van der Waals surface area (Å²) in [5, 5.41) is 17.9. The van der Waals surface area contributed by atoms with E-state index in [1.54, 1.807) is 6.92 Å². The minimum absolute atomic E-state index is 0.208. The van der Waals surface area contributed by atoms with Crippen molar-refractivity contribution in [2.45, 2.75) is 32.3 Å². The number of thiophene rings is 1. The van der Waals surface area contributed by atoms with Gasteiger partial charge in [-0.05, 0) is 50.2 Å². The molecule has 0 spiro atoms. The van der Waals surface area contributed by atoms with E-state index in [0.717, 1.165) is 11.4 Å². The van der Waals surface area contributed by atoms with Crippen molar-refractivity contribution in [2.75, 3.05) is 32.7 Å². The average Bonchev–Trinajstić information content (AvgIpc) is 3.16. The molecule has 6 heteroatoms. The third-order valence-corrected chi connectivity index (χ3v) is 5.15. The molecule has 0 aliphatic carbocycles. The maximum atomic E-state index is 11.9.